The van der Waals surface area contributed by atoms with E-state index in [4.69, 9.17) is 16.0 Å². The van der Waals surface area contributed by atoms with Crippen LogP contribution in [0.3, 0.4) is 0 Å². The van der Waals surface area contributed by atoms with E-state index in [-0.39, 0.29) is 11.9 Å². The minimum atomic E-state index is -0.109. The number of fused-ring (bicyclic) bond motifs is 1. The topological polar surface area (TPSA) is 66.8 Å². The number of aromatic nitrogens is 3. The number of benzene rings is 1. The van der Waals surface area contributed by atoms with E-state index in [1.807, 2.05) is 24.3 Å². The van der Waals surface area contributed by atoms with Gasteiger partial charge in [-0.3, -0.25) is 4.90 Å². The van der Waals surface area contributed by atoms with E-state index in [1.165, 1.54) is 15.9 Å². The highest BCUT2D eigenvalue weighted by Gasteiger charge is 2.32. The second-order valence-corrected chi connectivity index (χ2v) is 7.98. The van der Waals surface area contributed by atoms with Gasteiger partial charge in [-0.15, -0.1) is 5.10 Å². The third-order valence-corrected chi connectivity index (χ3v) is 6.31. The lowest BCUT2D eigenvalue weighted by atomic mass is 10.0. The molecular weight excluding hydrogens is 384 g/mol. The van der Waals surface area contributed by atoms with E-state index in [1.54, 1.807) is 18.4 Å². The molecular formula is C19H17ClN4O2S. The van der Waals surface area contributed by atoms with Gasteiger partial charge >= 0.3 is 0 Å². The Labute approximate surface area is 164 Å². The number of rotatable bonds is 4. The summed E-state index contributed by atoms with van der Waals surface area (Å²) in [6.07, 6.45) is 3.87. The highest BCUT2D eigenvalue weighted by molar-refractivity contribution is 7.17. The standard InChI is InChI=1S/C19H17ClN4O2S/c20-13-7-2-1-6-12(13)15(23-9-3-4-10-23)16-18(25)24-19(27-16)21-17(22-24)14-8-5-11-26-14/h1-2,5-8,11,15,25H,3-4,9-10H2/t15-/m1/s1. The minimum absolute atomic E-state index is 0.108. The molecule has 6 nitrogen and oxygen atoms in total. The van der Waals surface area contributed by atoms with Crippen LogP contribution in [0.4, 0.5) is 0 Å². The average Bonchev–Trinajstić information content (AvgIpc) is 3.44. The summed E-state index contributed by atoms with van der Waals surface area (Å²) in [4.78, 5) is 8.33. The maximum atomic E-state index is 11.0. The zero-order valence-corrected chi connectivity index (χ0v) is 16.0. The summed E-state index contributed by atoms with van der Waals surface area (Å²) in [5.41, 5.74) is 0.993. The molecule has 1 fully saturated rings. The predicted octanol–water partition coefficient (Wildman–Crippen LogP) is 4.60. The molecule has 27 heavy (non-hydrogen) atoms. The van der Waals surface area contributed by atoms with Gasteiger partial charge in [-0.25, -0.2) is 0 Å². The Kier molecular flexibility index (Phi) is 4.15. The number of furan rings is 1. The van der Waals surface area contributed by atoms with Gasteiger partial charge in [0, 0.05) is 5.02 Å². The molecule has 0 spiro atoms. The molecule has 0 unspecified atom stereocenters. The summed E-state index contributed by atoms with van der Waals surface area (Å²) in [7, 11) is 0. The zero-order valence-electron chi connectivity index (χ0n) is 14.4. The second-order valence-electron chi connectivity index (χ2n) is 6.56. The Balaban J connectivity index is 1.63. The highest BCUT2D eigenvalue weighted by Crippen LogP contribution is 2.43. The van der Waals surface area contributed by atoms with Gasteiger partial charge in [0.05, 0.1) is 17.2 Å². The largest absolute Gasteiger partial charge is 0.492 e. The molecule has 4 aromatic rings. The first-order valence-electron chi connectivity index (χ1n) is 8.83. The van der Waals surface area contributed by atoms with E-state index >= 15 is 0 Å². The van der Waals surface area contributed by atoms with Crippen LogP contribution in [0.15, 0.2) is 47.1 Å². The van der Waals surface area contributed by atoms with Crippen LogP contribution in [0, 0.1) is 0 Å². The molecule has 1 aliphatic rings. The molecule has 4 heterocycles. The number of thiazole rings is 1. The van der Waals surface area contributed by atoms with Gasteiger partial charge < -0.3 is 9.52 Å². The number of nitrogens with zero attached hydrogens (tertiary/aromatic N) is 4. The molecule has 0 amide bonds. The van der Waals surface area contributed by atoms with E-state index in [0.717, 1.165) is 36.4 Å². The van der Waals surface area contributed by atoms with Crippen molar-refractivity contribution in [1.29, 1.82) is 0 Å². The van der Waals surface area contributed by atoms with Crippen molar-refractivity contribution in [2.45, 2.75) is 18.9 Å². The second kappa shape index (κ2) is 6.67. The van der Waals surface area contributed by atoms with Crippen LogP contribution in [0.5, 0.6) is 5.88 Å². The van der Waals surface area contributed by atoms with Crippen LogP contribution in [0.25, 0.3) is 16.5 Å². The number of aromatic hydroxyl groups is 1. The van der Waals surface area contributed by atoms with E-state index < -0.39 is 0 Å². The Hall–Kier alpha value is -2.35. The van der Waals surface area contributed by atoms with Gasteiger partial charge in [-0.1, -0.05) is 41.1 Å². The molecule has 1 N–H and O–H groups in total. The minimum Gasteiger partial charge on any atom is -0.492 e. The van der Waals surface area contributed by atoms with Crippen molar-refractivity contribution in [1.82, 2.24) is 19.5 Å². The fourth-order valence-corrected chi connectivity index (χ4v) is 4.99. The van der Waals surface area contributed by atoms with Gasteiger partial charge in [0.2, 0.25) is 16.7 Å². The van der Waals surface area contributed by atoms with Crippen molar-refractivity contribution >= 4 is 27.9 Å². The molecule has 1 aliphatic heterocycles. The Morgan fingerprint density at radius 2 is 1.96 bits per heavy atom. The van der Waals surface area contributed by atoms with E-state index in [0.29, 0.717) is 21.6 Å². The van der Waals surface area contributed by atoms with Crippen LogP contribution in [0.1, 0.15) is 29.3 Å². The third kappa shape index (κ3) is 2.82. The normalized spacial score (nSPS) is 16.3. The molecule has 0 aliphatic carbocycles. The van der Waals surface area contributed by atoms with Crippen LogP contribution in [-0.4, -0.2) is 37.7 Å². The first kappa shape index (κ1) is 16.8. The van der Waals surface area contributed by atoms with Crippen molar-refractivity contribution in [3.63, 3.8) is 0 Å². The maximum absolute atomic E-state index is 11.0. The van der Waals surface area contributed by atoms with Crippen molar-refractivity contribution in [2.75, 3.05) is 13.1 Å². The smallest absolute Gasteiger partial charge is 0.230 e. The van der Waals surface area contributed by atoms with Crippen molar-refractivity contribution in [3.8, 4) is 17.5 Å². The Bertz CT molecular complexity index is 1080. The Morgan fingerprint density at radius 3 is 2.67 bits per heavy atom. The van der Waals surface area contributed by atoms with Gasteiger partial charge in [0.1, 0.15) is 0 Å². The summed E-state index contributed by atoms with van der Waals surface area (Å²) in [5.74, 6) is 1.15. The average molecular weight is 401 g/mol. The molecule has 0 saturated carbocycles. The van der Waals surface area contributed by atoms with Crippen molar-refractivity contribution in [2.24, 2.45) is 0 Å². The number of hydrogen-bond donors (Lipinski definition) is 1. The number of halogens is 1. The lowest BCUT2D eigenvalue weighted by molar-refractivity contribution is 0.277. The predicted molar refractivity (Wildman–Crippen MR) is 104 cm³/mol. The van der Waals surface area contributed by atoms with Gasteiger partial charge in [0.25, 0.3) is 0 Å². The molecule has 0 bridgehead atoms. The van der Waals surface area contributed by atoms with Crippen LogP contribution >= 0.6 is 22.9 Å². The number of likely N-dealkylation sites (tertiary alicyclic amines) is 1. The quantitative estimate of drug-likeness (QED) is 0.542. The van der Waals surface area contributed by atoms with Crippen molar-refractivity contribution < 1.29 is 9.52 Å². The highest BCUT2D eigenvalue weighted by atomic mass is 35.5. The SMILES string of the molecule is Oc1c([C@@H](c2ccccc2Cl)N2CCCC2)sc2nc(-c3ccco3)nn12. The van der Waals surface area contributed by atoms with Crippen LogP contribution in [0.2, 0.25) is 5.02 Å². The zero-order chi connectivity index (χ0) is 18.4. The van der Waals surface area contributed by atoms with Gasteiger partial charge in [0.15, 0.2) is 5.76 Å². The fraction of sp³-hybridized carbons (Fsp3) is 0.263. The molecule has 8 heteroatoms. The molecule has 1 saturated heterocycles. The van der Waals surface area contributed by atoms with E-state index in [2.05, 4.69) is 15.0 Å². The lowest BCUT2D eigenvalue weighted by Gasteiger charge is -2.27. The summed E-state index contributed by atoms with van der Waals surface area (Å²) < 4.78 is 6.85. The van der Waals surface area contributed by atoms with Gasteiger partial charge in [-0.05, 0) is 49.7 Å². The summed E-state index contributed by atoms with van der Waals surface area (Å²) in [6.45, 7) is 1.95. The molecule has 1 aromatic carbocycles. The third-order valence-electron chi connectivity index (χ3n) is 4.90. The monoisotopic (exact) mass is 400 g/mol. The van der Waals surface area contributed by atoms with E-state index in [9.17, 15) is 5.11 Å². The molecule has 5 rings (SSSR count). The molecule has 0 radical (unpaired) electrons. The maximum Gasteiger partial charge on any atom is 0.230 e. The lowest BCUT2D eigenvalue weighted by Crippen LogP contribution is -2.26. The molecule has 3 aromatic heterocycles. The summed E-state index contributed by atoms with van der Waals surface area (Å²) >= 11 is 7.95. The van der Waals surface area contributed by atoms with Crippen molar-refractivity contribution in [3.05, 3.63) is 58.1 Å². The molecule has 138 valence electrons. The fourth-order valence-electron chi connectivity index (χ4n) is 3.64. The molecule has 1 atom stereocenters. The first-order chi connectivity index (χ1) is 13.2. The van der Waals surface area contributed by atoms with Crippen LogP contribution < -0.4 is 0 Å². The van der Waals surface area contributed by atoms with Gasteiger partial charge in [-0.2, -0.15) is 9.50 Å². The number of hydrogen-bond acceptors (Lipinski definition) is 6. The first-order valence-corrected chi connectivity index (χ1v) is 10.0. The van der Waals surface area contributed by atoms with Crippen LogP contribution in [-0.2, 0) is 0 Å². The summed E-state index contributed by atoms with van der Waals surface area (Å²) in [5, 5.41) is 16.1. The Morgan fingerprint density at radius 1 is 1.15 bits per heavy atom. The summed E-state index contributed by atoms with van der Waals surface area (Å²) in [6, 6.07) is 11.3.